The third-order valence-corrected chi connectivity index (χ3v) is 6.73. The summed E-state index contributed by atoms with van der Waals surface area (Å²) in [6, 6.07) is 7.54. The maximum Gasteiger partial charge on any atom is 0.407 e. The van der Waals surface area contributed by atoms with Crippen LogP contribution in [0.1, 0.15) is 24.1 Å². The number of piperazine rings is 1. The highest BCUT2D eigenvalue weighted by Gasteiger charge is 2.53. The Labute approximate surface area is 188 Å². The highest BCUT2D eigenvalue weighted by molar-refractivity contribution is 5.84. The average Bonchev–Trinajstić information content (AvgIpc) is 3.42. The van der Waals surface area contributed by atoms with E-state index in [-0.39, 0.29) is 11.1 Å². The van der Waals surface area contributed by atoms with Crippen LogP contribution in [0.5, 0.6) is 0 Å². The van der Waals surface area contributed by atoms with Gasteiger partial charge < -0.3 is 10.0 Å². The second-order valence-corrected chi connectivity index (χ2v) is 9.06. The van der Waals surface area contributed by atoms with E-state index in [2.05, 4.69) is 15.1 Å². The molecule has 4 heterocycles. The van der Waals surface area contributed by atoms with Crippen molar-refractivity contribution in [1.82, 2.24) is 29.5 Å². The number of imidazole rings is 1. The van der Waals surface area contributed by atoms with Gasteiger partial charge in [0.05, 0.1) is 34.0 Å². The lowest BCUT2D eigenvalue weighted by Gasteiger charge is -2.40. The fourth-order valence-corrected chi connectivity index (χ4v) is 4.85. The molecule has 0 unspecified atom stereocenters. The Hall–Kier alpha value is -3.95. The Morgan fingerprint density at radius 2 is 1.97 bits per heavy atom. The molecule has 2 aliphatic rings. The summed E-state index contributed by atoms with van der Waals surface area (Å²) in [5, 5.41) is 14.6. The first-order valence-corrected chi connectivity index (χ1v) is 11.0. The van der Waals surface area contributed by atoms with Gasteiger partial charge in [-0.3, -0.25) is 14.7 Å². The van der Waals surface area contributed by atoms with Crippen LogP contribution in [-0.4, -0.2) is 65.8 Å². The number of aromatic nitrogens is 5. The Balaban J connectivity index is 1.36. The van der Waals surface area contributed by atoms with Crippen molar-refractivity contribution in [2.24, 2.45) is 0 Å². The molecule has 1 aliphatic carbocycles. The molecule has 1 aliphatic heterocycles. The second-order valence-electron chi connectivity index (χ2n) is 9.06. The van der Waals surface area contributed by atoms with Crippen molar-refractivity contribution >= 4 is 28.6 Å². The molecule has 1 amide bonds. The number of benzene rings is 1. The van der Waals surface area contributed by atoms with Gasteiger partial charge in [-0.05, 0) is 50.5 Å². The third-order valence-electron chi connectivity index (χ3n) is 6.73. The zero-order valence-electron chi connectivity index (χ0n) is 18.4. The molecule has 0 atom stereocenters. The van der Waals surface area contributed by atoms with Gasteiger partial charge in [-0.1, -0.05) is 6.07 Å². The number of H-pyrrole nitrogens is 1. The number of amides is 1. The summed E-state index contributed by atoms with van der Waals surface area (Å²) in [6.07, 6.45) is 2.67. The predicted molar refractivity (Wildman–Crippen MR) is 123 cm³/mol. The van der Waals surface area contributed by atoms with Crippen LogP contribution < -0.4 is 10.5 Å². The molecule has 1 spiro atoms. The number of fused-ring (bicyclic) bond motifs is 2. The minimum absolute atomic E-state index is 0.223. The van der Waals surface area contributed by atoms with Crippen molar-refractivity contribution in [1.29, 1.82) is 0 Å². The van der Waals surface area contributed by atoms with Gasteiger partial charge in [0.15, 0.2) is 5.65 Å². The lowest BCUT2D eigenvalue weighted by atomic mass is 10.1. The van der Waals surface area contributed by atoms with Crippen LogP contribution in [0.25, 0.3) is 27.8 Å². The van der Waals surface area contributed by atoms with Gasteiger partial charge in [-0.15, -0.1) is 0 Å². The van der Waals surface area contributed by atoms with Crippen molar-refractivity contribution in [3.05, 3.63) is 52.1 Å². The fourth-order valence-electron chi connectivity index (χ4n) is 4.85. The van der Waals surface area contributed by atoms with E-state index in [0.29, 0.717) is 36.5 Å². The van der Waals surface area contributed by atoms with E-state index >= 15 is 0 Å². The Morgan fingerprint density at radius 1 is 1.15 bits per heavy atom. The van der Waals surface area contributed by atoms with Gasteiger partial charge in [0.2, 0.25) is 5.95 Å². The highest BCUT2D eigenvalue weighted by Crippen LogP contribution is 2.44. The van der Waals surface area contributed by atoms with Crippen LogP contribution in [-0.2, 0) is 0 Å². The number of aromatic amines is 1. The molecule has 2 N–H and O–H groups in total. The maximum absolute atomic E-state index is 13.0. The SMILES string of the molecule is Cc1cn2nc(-c3ccc4nc(N5CCN(C(=O)O)C6(CC6)C5)[nH]c(=O)c4c3)cc(C)c2n1. The molecule has 0 bridgehead atoms. The monoisotopic (exact) mass is 445 g/mol. The fraction of sp³-hybridized carbons (Fsp3) is 0.348. The van der Waals surface area contributed by atoms with Crippen molar-refractivity contribution in [2.45, 2.75) is 32.2 Å². The van der Waals surface area contributed by atoms with Gasteiger partial charge in [0.25, 0.3) is 5.56 Å². The van der Waals surface area contributed by atoms with Gasteiger partial charge in [0.1, 0.15) is 0 Å². The quantitative estimate of drug-likeness (QED) is 0.487. The molecule has 168 valence electrons. The van der Waals surface area contributed by atoms with Gasteiger partial charge in [-0.25, -0.2) is 19.3 Å². The molecule has 1 saturated carbocycles. The number of anilines is 1. The molecule has 10 nitrogen and oxygen atoms in total. The molecule has 10 heteroatoms. The minimum atomic E-state index is -0.882. The maximum atomic E-state index is 13.0. The number of hydrogen-bond acceptors (Lipinski definition) is 6. The van der Waals surface area contributed by atoms with E-state index in [4.69, 9.17) is 4.98 Å². The van der Waals surface area contributed by atoms with E-state index < -0.39 is 6.09 Å². The first-order chi connectivity index (χ1) is 15.8. The topological polar surface area (TPSA) is 120 Å². The molecule has 33 heavy (non-hydrogen) atoms. The number of nitrogens with zero attached hydrogens (tertiary/aromatic N) is 6. The standard InChI is InChI=1S/C23H23N7O3/c1-13-9-18(27-30-11-14(2)24-19(13)30)15-3-4-17-16(10-15)20(31)26-21(25-17)28-7-8-29(22(32)33)23(12-28)5-6-23/h3-4,9-11H,5-8,12H2,1-2H3,(H,32,33)(H,25,26,31). The summed E-state index contributed by atoms with van der Waals surface area (Å²) in [5.74, 6) is 0.487. The molecule has 0 radical (unpaired) electrons. The molecular weight excluding hydrogens is 422 g/mol. The zero-order valence-corrected chi connectivity index (χ0v) is 18.4. The van der Waals surface area contributed by atoms with Crippen molar-refractivity contribution in [3.63, 3.8) is 0 Å². The zero-order chi connectivity index (χ0) is 22.9. The number of carbonyl (C=O) groups is 1. The average molecular weight is 445 g/mol. The minimum Gasteiger partial charge on any atom is -0.465 e. The van der Waals surface area contributed by atoms with Crippen LogP contribution in [0, 0.1) is 13.8 Å². The van der Waals surface area contributed by atoms with Crippen LogP contribution in [0.15, 0.2) is 35.3 Å². The van der Waals surface area contributed by atoms with E-state index in [1.54, 1.807) is 4.52 Å². The lowest BCUT2D eigenvalue weighted by molar-refractivity contribution is 0.110. The van der Waals surface area contributed by atoms with Gasteiger partial charge in [0, 0.05) is 25.2 Å². The summed E-state index contributed by atoms with van der Waals surface area (Å²) in [7, 11) is 0. The van der Waals surface area contributed by atoms with Crippen molar-refractivity contribution in [3.8, 4) is 11.3 Å². The van der Waals surface area contributed by atoms with E-state index in [9.17, 15) is 14.7 Å². The summed E-state index contributed by atoms with van der Waals surface area (Å²) in [5.41, 5.74) is 4.32. The molecule has 4 aromatic rings. The molecule has 1 saturated heterocycles. The van der Waals surface area contributed by atoms with Gasteiger partial charge in [-0.2, -0.15) is 5.10 Å². The second kappa shape index (κ2) is 6.77. The largest absolute Gasteiger partial charge is 0.465 e. The summed E-state index contributed by atoms with van der Waals surface area (Å²) >= 11 is 0. The number of hydrogen-bond donors (Lipinski definition) is 2. The molecule has 2 fully saturated rings. The molecule has 3 aromatic heterocycles. The number of nitrogens with one attached hydrogen (secondary N) is 1. The van der Waals surface area contributed by atoms with E-state index in [0.717, 1.165) is 41.0 Å². The first-order valence-electron chi connectivity index (χ1n) is 11.0. The van der Waals surface area contributed by atoms with Crippen molar-refractivity contribution in [2.75, 3.05) is 24.5 Å². The highest BCUT2D eigenvalue weighted by atomic mass is 16.4. The number of aryl methyl sites for hydroxylation is 2. The van der Waals surface area contributed by atoms with Crippen molar-refractivity contribution < 1.29 is 9.90 Å². The van der Waals surface area contributed by atoms with Crippen LogP contribution >= 0.6 is 0 Å². The summed E-state index contributed by atoms with van der Waals surface area (Å²) in [4.78, 5) is 40.2. The first kappa shape index (κ1) is 19.7. The smallest absolute Gasteiger partial charge is 0.407 e. The van der Waals surface area contributed by atoms with Crippen LogP contribution in [0.4, 0.5) is 10.7 Å². The Bertz CT molecular complexity index is 1500. The summed E-state index contributed by atoms with van der Waals surface area (Å²) in [6.45, 7) is 5.36. The normalized spacial score (nSPS) is 17.3. The molecular formula is C23H23N7O3. The summed E-state index contributed by atoms with van der Waals surface area (Å²) < 4.78 is 1.76. The Kier molecular flexibility index (Phi) is 4.05. The molecule has 1 aromatic carbocycles. The van der Waals surface area contributed by atoms with E-state index in [1.165, 1.54) is 4.90 Å². The third kappa shape index (κ3) is 3.12. The number of rotatable bonds is 2. The Morgan fingerprint density at radius 3 is 2.73 bits per heavy atom. The van der Waals surface area contributed by atoms with Crippen LogP contribution in [0.3, 0.4) is 0 Å². The molecule has 6 rings (SSSR count). The predicted octanol–water partition coefficient (Wildman–Crippen LogP) is 2.58. The van der Waals surface area contributed by atoms with E-state index in [1.807, 2.05) is 49.2 Å². The number of carboxylic acid groups (broad SMARTS) is 1. The van der Waals surface area contributed by atoms with Gasteiger partial charge >= 0.3 is 6.09 Å². The lowest BCUT2D eigenvalue weighted by Crippen LogP contribution is -2.57. The van der Waals surface area contributed by atoms with Crippen LogP contribution in [0.2, 0.25) is 0 Å².